The molecule has 0 spiro atoms. The van der Waals surface area contributed by atoms with E-state index in [2.05, 4.69) is 0 Å². The van der Waals surface area contributed by atoms with E-state index in [4.69, 9.17) is 23.0 Å². The molecule has 0 bridgehead atoms. The van der Waals surface area contributed by atoms with Gasteiger partial charge in [0.1, 0.15) is 17.1 Å². The fraction of sp³-hybridized carbons (Fsp3) is 0.130. The average molecular weight is 406 g/mol. The Hall–Kier alpha value is -4.00. The van der Waals surface area contributed by atoms with Gasteiger partial charge in [0.05, 0.1) is 31.4 Å². The molecular weight excluding hydrogens is 388 g/mol. The molecule has 30 heavy (non-hydrogen) atoms. The number of fused-ring (bicyclic) bond motifs is 1. The van der Waals surface area contributed by atoms with E-state index in [0.717, 1.165) is 0 Å². The first kappa shape index (κ1) is 19.3. The van der Waals surface area contributed by atoms with Gasteiger partial charge < -0.3 is 23.0 Å². The maximum Gasteiger partial charge on any atom is 0.379 e. The van der Waals surface area contributed by atoms with Gasteiger partial charge in [-0.3, -0.25) is 4.79 Å². The van der Waals surface area contributed by atoms with Crippen molar-refractivity contribution in [1.29, 1.82) is 0 Å². The molecule has 0 saturated carbocycles. The Kier molecular flexibility index (Phi) is 5.02. The molecule has 4 rings (SSSR count). The van der Waals surface area contributed by atoms with E-state index in [1.807, 2.05) is 0 Å². The summed E-state index contributed by atoms with van der Waals surface area (Å²) in [6.07, 6.45) is 1.38. The van der Waals surface area contributed by atoms with Gasteiger partial charge in [-0.15, -0.1) is 0 Å². The van der Waals surface area contributed by atoms with Gasteiger partial charge in [0.15, 0.2) is 11.5 Å². The Balaban J connectivity index is 1.75. The van der Waals surface area contributed by atoms with Crippen LogP contribution in [0.3, 0.4) is 0 Å². The van der Waals surface area contributed by atoms with E-state index in [0.29, 0.717) is 39.4 Å². The van der Waals surface area contributed by atoms with E-state index in [9.17, 15) is 9.59 Å². The number of furan rings is 1. The molecule has 0 radical (unpaired) electrons. The van der Waals surface area contributed by atoms with Gasteiger partial charge in [0.2, 0.25) is 11.2 Å². The van der Waals surface area contributed by atoms with Gasteiger partial charge in [0.25, 0.3) is 0 Å². The van der Waals surface area contributed by atoms with E-state index < -0.39 is 5.97 Å². The second-order valence-corrected chi connectivity index (χ2v) is 6.46. The third-order valence-corrected chi connectivity index (χ3v) is 4.65. The van der Waals surface area contributed by atoms with Crippen molar-refractivity contribution in [3.05, 3.63) is 76.5 Å². The fourth-order valence-corrected chi connectivity index (χ4v) is 3.23. The van der Waals surface area contributed by atoms with Crippen molar-refractivity contribution in [2.75, 3.05) is 14.2 Å². The summed E-state index contributed by atoms with van der Waals surface area (Å²) in [7, 11) is 3.08. The predicted molar refractivity (Wildman–Crippen MR) is 109 cm³/mol. The predicted octanol–water partition coefficient (Wildman–Crippen LogP) is 4.60. The van der Waals surface area contributed by atoms with Crippen molar-refractivity contribution < 1.29 is 27.8 Å². The molecule has 0 fully saturated rings. The van der Waals surface area contributed by atoms with E-state index in [1.54, 1.807) is 44.4 Å². The Morgan fingerprint density at radius 3 is 2.47 bits per heavy atom. The number of hydrogen-bond acceptors (Lipinski definition) is 7. The minimum Gasteiger partial charge on any atom is -0.493 e. The van der Waals surface area contributed by atoms with Gasteiger partial charge in [0, 0.05) is 6.07 Å². The highest BCUT2D eigenvalue weighted by molar-refractivity contribution is 5.89. The summed E-state index contributed by atoms with van der Waals surface area (Å²) in [5.41, 5.74) is 1.18. The van der Waals surface area contributed by atoms with Gasteiger partial charge >= 0.3 is 5.97 Å². The molecule has 2 aromatic carbocycles. The maximum absolute atomic E-state index is 13.2. The first-order chi connectivity index (χ1) is 14.5. The number of carbonyl (C=O) groups is 1. The number of carbonyl (C=O) groups excluding carboxylic acids is 1. The number of benzene rings is 2. The Morgan fingerprint density at radius 1 is 0.967 bits per heavy atom. The van der Waals surface area contributed by atoms with E-state index in [-0.39, 0.29) is 16.9 Å². The molecule has 0 saturated heterocycles. The standard InChI is InChI=1S/C23H18O7/c1-13-21(14-6-9-17(26-2)20(11-14)27-3)22(24)16-8-7-15(12-19(16)29-13)30-23(25)18-5-4-10-28-18/h4-12H,1-3H3. The summed E-state index contributed by atoms with van der Waals surface area (Å²) < 4.78 is 26.8. The molecule has 2 heterocycles. The zero-order valence-corrected chi connectivity index (χ0v) is 16.6. The molecule has 0 atom stereocenters. The second-order valence-electron chi connectivity index (χ2n) is 6.46. The van der Waals surface area contributed by atoms with Crippen LogP contribution in [0.4, 0.5) is 0 Å². The van der Waals surface area contributed by atoms with Crippen LogP contribution in [0.2, 0.25) is 0 Å². The molecule has 7 nitrogen and oxygen atoms in total. The summed E-state index contributed by atoms with van der Waals surface area (Å²) in [6, 6.07) is 12.9. The van der Waals surface area contributed by atoms with Crippen LogP contribution in [0.25, 0.3) is 22.1 Å². The monoisotopic (exact) mass is 406 g/mol. The molecular formula is C23H18O7. The van der Waals surface area contributed by atoms with Crippen molar-refractivity contribution in [3.8, 4) is 28.4 Å². The highest BCUT2D eigenvalue weighted by Crippen LogP contribution is 2.33. The highest BCUT2D eigenvalue weighted by atomic mass is 16.5. The Morgan fingerprint density at radius 2 is 1.77 bits per heavy atom. The van der Waals surface area contributed by atoms with Crippen molar-refractivity contribution in [1.82, 2.24) is 0 Å². The summed E-state index contributed by atoms with van der Waals surface area (Å²) in [4.78, 5) is 25.2. The van der Waals surface area contributed by atoms with Crippen LogP contribution in [0.15, 0.2) is 68.4 Å². The van der Waals surface area contributed by atoms with Crippen LogP contribution in [-0.4, -0.2) is 20.2 Å². The lowest BCUT2D eigenvalue weighted by atomic mass is 10.0. The first-order valence-electron chi connectivity index (χ1n) is 9.07. The number of rotatable bonds is 5. The maximum atomic E-state index is 13.2. The molecule has 7 heteroatoms. The van der Waals surface area contributed by atoms with Gasteiger partial charge in [-0.2, -0.15) is 0 Å². The van der Waals surface area contributed by atoms with Crippen molar-refractivity contribution in [3.63, 3.8) is 0 Å². The Bertz CT molecular complexity index is 1280. The summed E-state index contributed by atoms with van der Waals surface area (Å²) in [6.45, 7) is 1.70. The highest BCUT2D eigenvalue weighted by Gasteiger charge is 2.17. The molecule has 0 unspecified atom stereocenters. The van der Waals surface area contributed by atoms with E-state index in [1.165, 1.54) is 31.6 Å². The summed E-state index contributed by atoms with van der Waals surface area (Å²) in [5.74, 6) is 1.18. The minimum absolute atomic E-state index is 0.0801. The quantitative estimate of drug-likeness (QED) is 0.354. The fourth-order valence-electron chi connectivity index (χ4n) is 3.23. The lowest BCUT2D eigenvalue weighted by Gasteiger charge is -2.11. The van der Waals surface area contributed by atoms with Crippen molar-refractivity contribution in [2.45, 2.75) is 6.92 Å². The zero-order valence-electron chi connectivity index (χ0n) is 16.6. The third-order valence-electron chi connectivity index (χ3n) is 4.65. The smallest absolute Gasteiger partial charge is 0.379 e. The minimum atomic E-state index is -0.639. The lowest BCUT2D eigenvalue weighted by molar-refractivity contribution is 0.0701. The molecule has 0 amide bonds. The lowest BCUT2D eigenvalue weighted by Crippen LogP contribution is -2.09. The Labute approximate surface area is 171 Å². The largest absolute Gasteiger partial charge is 0.493 e. The van der Waals surface area contributed by atoms with Crippen LogP contribution in [0.5, 0.6) is 17.2 Å². The van der Waals surface area contributed by atoms with Crippen LogP contribution >= 0.6 is 0 Å². The average Bonchev–Trinajstić information content (AvgIpc) is 3.28. The molecule has 0 aliphatic rings. The SMILES string of the molecule is COc1ccc(-c2c(C)oc3cc(OC(=O)c4ccco4)ccc3c2=O)cc1OC. The number of esters is 1. The van der Waals surface area contributed by atoms with E-state index >= 15 is 0 Å². The van der Waals surface area contributed by atoms with Crippen LogP contribution in [0.1, 0.15) is 16.3 Å². The van der Waals surface area contributed by atoms with Crippen molar-refractivity contribution in [2.24, 2.45) is 0 Å². The number of ether oxygens (including phenoxy) is 3. The topological polar surface area (TPSA) is 88.1 Å². The van der Waals surface area contributed by atoms with Crippen LogP contribution < -0.4 is 19.6 Å². The van der Waals surface area contributed by atoms with Gasteiger partial charge in [-0.05, 0) is 48.9 Å². The molecule has 0 aliphatic carbocycles. The molecule has 0 N–H and O–H groups in total. The number of hydrogen-bond donors (Lipinski definition) is 0. The molecule has 152 valence electrons. The summed E-state index contributed by atoms with van der Waals surface area (Å²) in [5, 5.41) is 0.364. The van der Waals surface area contributed by atoms with Crippen molar-refractivity contribution >= 4 is 16.9 Å². The first-order valence-corrected chi connectivity index (χ1v) is 9.07. The van der Waals surface area contributed by atoms with Crippen LogP contribution in [-0.2, 0) is 0 Å². The molecule has 0 aliphatic heterocycles. The zero-order chi connectivity index (χ0) is 21.3. The summed E-state index contributed by atoms with van der Waals surface area (Å²) >= 11 is 0. The van der Waals surface area contributed by atoms with Gasteiger partial charge in [-0.25, -0.2) is 4.79 Å². The number of methoxy groups -OCH3 is 2. The second kappa shape index (κ2) is 7.79. The molecule has 4 aromatic rings. The van der Waals surface area contributed by atoms with Gasteiger partial charge in [-0.1, -0.05) is 6.07 Å². The number of aryl methyl sites for hydroxylation is 1. The third kappa shape index (κ3) is 3.41. The van der Waals surface area contributed by atoms with Crippen LogP contribution in [0, 0.1) is 6.92 Å². The normalized spacial score (nSPS) is 10.8. The molecule has 2 aromatic heterocycles.